The van der Waals surface area contributed by atoms with Crippen LogP contribution in [0.4, 0.5) is 0 Å². The van der Waals surface area contributed by atoms with Crippen LogP contribution in [0.3, 0.4) is 0 Å². The van der Waals surface area contributed by atoms with Gasteiger partial charge in [-0.05, 0) is 31.4 Å². The van der Waals surface area contributed by atoms with Gasteiger partial charge in [-0.2, -0.15) is 11.8 Å². The lowest BCUT2D eigenvalue weighted by Crippen LogP contribution is -2.41. The summed E-state index contributed by atoms with van der Waals surface area (Å²) < 4.78 is 0. The summed E-state index contributed by atoms with van der Waals surface area (Å²) in [5, 5.41) is 13.0. The molecule has 1 aromatic heterocycles. The third-order valence-electron chi connectivity index (χ3n) is 3.32. The van der Waals surface area contributed by atoms with Crippen molar-refractivity contribution in [3.8, 4) is 10.6 Å². The van der Waals surface area contributed by atoms with Gasteiger partial charge in [0, 0.05) is 5.56 Å². The maximum atomic E-state index is 12.4. The molecular weight excluding hydrogens is 368 g/mol. The first-order chi connectivity index (χ1) is 11.4. The van der Waals surface area contributed by atoms with Crippen LogP contribution < -0.4 is 5.32 Å². The Balaban J connectivity index is 2.21. The van der Waals surface area contributed by atoms with Gasteiger partial charge >= 0.3 is 5.97 Å². The quantitative estimate of drug-likeness (QED) is 0.760. The zero-order valence-corrected chi connectivity index (χ0v) is 15.6. The first-order valence-corrected chi connectivity index (χ1v) is 9.77. The summed E-state index contributed by atoms with van der Waals surface area (Å²) in [6.07, 6.45) is 2.27. The number of carboxylic acid groups (broad SMARTS) is 1. The first-order valence-electron chi connectivity index (χ1n) is 7.19. The van der Waals surface area contributed by atoms with Crippen LogP contribution in [0.5, 0.6) is 0 Å². The third kappa shape index (κ3) is 4.49. The molecule has 0 bridgehead atoms. The van der Waals surface area contributed by atoms with Gasteiger partial charge < -0.3 is 10.4 Å². The van der Waals surface area contributed by atoms with Crippen LogP contribution in [0.15, 0.2) is 24.3 Å². The highest BCUT2D eigenvalue weighted by Crippen LogP contribution is 2.32. The minimum Gasteiger partial charge on any atom is -0.480 e. The highest BCUT2D eigenvalue weighted by Gasteiger charge is 2.23. The number of amides is 1. The second-order valence-corrected chi connectivity index (χ2v) is 7.45. The molecule has 0 aliphatic heterocycles. The molecule has 0 spiro atoms. The topological polar surface area (TPSA) is 79.3 Å². The molecule has 8 heteroatoms. The van der Waals surface area contributed by atoms with Crippen LogP contribution in [0.25, 0.3) is 10.6 Å². The molecular formula is C16H17ClN2O3S2. The van der Waals surface area contributed by atoms with E-state index in [2.05, 4.69) is 10.3 Å². The van der Waals surface area contributed by atoms with E-state index < -0.39 is 17.9 Å². The minimum atomic E-state index is -1.04. The van der Waals surface area contributed by atoms with Gasteiger partial charge in [-0.15, -0.1) is 11.3 Å². The van der Waals surface area contributed by atoms with Crippen molar-refractivity contribution in [2.24, 2.45) is 0 Å². The SMILES string of the molecule is CSCCC(NC(=O)c1sc(-c2ccccc2Cl)nc1C)C(=O)O. The van der Waals surface area contributed by atoms with Crippen LogP contribution in [0, 0.1) is 6.92 Å². The molecule has 2 N–H and O–H groups in total. The Morgan fingerprint density at radius 1 is 1.42 bits per heavy atom. The molecule has 5 nitrogen and oxygen atoms in total. The molecule has 24 heavy (non-hydrogen) atoms. The van der Waals surface area contributed by atoms with Crippen LogP contribution in [-0.4, -0.2) is 40.0 Å². The van der Waals surface area contributed by atoms with Gasteiger partial charge in [-0.1, -0.05) is 29.8 Å². The van der Waals surface area contributed by atoms with Gasteiger partial charge in [0.2, 0.25) is 0 Å². The monoisotopic (exact) mass is 384 g/mol. The predicted molar refractivity (Wildman–Crippen MR) is 99.2 cm³/mol. The van der Waals surface area contributed by atoms with E-state index in [1.165, 1.54) is 23.1 Å². The molecule has 1 unspecified atom stereocenters. The molecule has 0 aliphatic rings. The molecule has 0 saturated heterocycles. The van der Waals surface area contributed by atoms with Gasteiger partial charge in [0.25, 0.3) is 5.91 Å². The Bertz CT molecular complexity index is 749. The number of aryl methyl sites for hydroxylation is 1. The molecule has 1 heterocycles. The molecule has 2 aromatic rings. The predicted octanol–water partition coefficient (Wildman–Crippen LogP) is 3.71. The lowest BCUT2D eigenvalue weighted by Gasteiger charge is -2.13. The lowest BCUT2D eigenvalue weighted by molar-refractivity contribution is -0.139. The van der Waals surface area contributed by atoms with Crippen LogP contribution >= 0.6 is 34.7 Å². The van der Waals surface area contributed by atoms with E-state index in [4.69, 9.17) is 11.6 Å². The standard InChI is InChI=1S/C16H17ClN2O3S2/c1-9-13(14(20)19-12(16(21)22)7-8-23-2)24-15(18-9)10-5-3-4-6-11(10)17/h3-6,12H,7-8H2,1-2H3,(H,19,20)(H,21,22). The van der Waals surface area contributed by atoms with Crippen molar-refractivity contribution >= 4 is 46.6 Å². The Hall–Kier alpha value is -1.57. The second-order valence-electron chi connectivity index (χ2n) is 5.06. The minimum absolute atomic E-state index is 0.372. The van der Waals surface area contributed by atoms with Crippen molar-refractivity contribution in [3.05, 3.63) is 39.9 Å². The van der Waals surface area contributed by atoms with Crippen molar-refractivity contribution < 1.29 is 14.7 Å². The van der Waals surface area contributed by atoms with E-state index in [-0.39, 0.29) is 0 Å². The van der Waals surface area contributed by atoms with E-state index in [1.807, 2.05) is 24.5 Å². The van der Waals surface area contributed by atoms with E-state index >= 15 is 0 Å². The molecule has 1 atom stereocenters. The van der Waals surface area contributed by atoms with Crippen molar-refractivity contribution in [1.82, 2.24) is 10.3 Å². The Kier molecular flexibility index (Phi) is 6.65. The second kappa shape index (κ2) is 8.50. The van der Waals surface area contributed by atoms with Crippen molar-refractivity contribution in [3.63, 3.8) is 0 Å². The molecule has 0 fully saturated rings. The van der Waals surface area contributed by atoms with E-state index in [0.717, 1.165) is 5.56 Å². The number of carboxylic acids is 1. The number of hydrogen-bond donors (Lipinski definition) is 2. The maximum absolute atomic E-state index is 12.4. The van der Waals surface area contributed by atoms with Crippen LogP contribution in [0.2, 0.25) is 5.02 Å². The fraction of sp³-hybridized carbons (Fsp3) is 0.312. The summed E-state index contributed by atoms with van der Waals surface area (Å²) in [5.41, 5.74) is 1.31. The van der Waals surface area contributed by atoms with Gasteiger partial charge in [0.15, 0.2) is 0 Å². The third-order valence-corrected chi connectivity index (χ3v) is 5.48. The molecule has 128 valence electrons. The fourth-order valence-electron chi connectivity index (χ4n) is 2.07. The van der Waals surface area contributed by atoms with Crippen molar-refractivity contribution in [1.29, 1.82) is 0 Å². The summed E-state index contributed by atoms with van der Waals surface area (Å²) in [4.78, 5) is 28.5. The summed E-state index contributed by atoms with van der Waals surface area (Å²) in [5.74, 6) is -0.799. The number of rotatable bonds is 7. The summed E-state index contributed by atoms with van der Waals surface area (Å²) >= 11 is 8.91. The number of carbonyl (C=O) groups is 2. The van der Waals surface area contributed by atoms with Crippen LogP contribution in [0.1, 0.15) is 21.8 Å². The number of benzene rings is 1. The number of aliphatic carboxylic acids is 1. The average molecular weight is 385 g/mol. The zero-order chi connectivity index (χ0) is 17.7. The van der Waals surface area contributed by atoms with Gasteiger partial charge in [0.1, 0.15) is 15.9 Å². The number of aromatic nitrogens is 1. The molecule has 2 rings (SSSR count). The Morgan fingerprint density at radius 2 is 2.12 bits per heavy atom. The fourth-order valence-corrected chi connectivity index (χ4v) is 3.84. The zero-order valence-electron chi connectivity index (χ0n) is 13.2. The Morgan fingerprint density at radius 3 is 2.75 bits per heavy atom. The number of hydrogen-bond acceptors (Lipinski definition) is 5. The Labute approximate surface area is 153 Å². The number of nitrogens with zero attached hydrogens (tertiary/aromatic N) is 1. The summed E-state index contributed by atoms with van der Waals surface area (Å²) in [6.45, 7) is 1.73. The molecule has 0 saturated carbocycles. The van der Waals surface area contributed by atoms with Gasteiger partial charge in [-0.25, -0.2) is 9.78 Å². The number of thioether (sulfide) groups is 1. The summed E-state index contributed by atoms with van der Waals surface area (Å²) in [7, 11) is 0. The number of carbonyl (C=O) groups excluding carboxylic acids is 1. The van der Waals surface area contributed by atoms with Crippen molar-refractivity contribution in [2.75, 3.05) is 12.0 Å². The molecule has 1 aromatic carbocycles. The maximum Gasteiger partial charge on any atom is 0.326 e. The highest BCUT2D eigenvalue weighted by atomic mass is 35.5. The van der Waals surface area contributed by atoms with Crippen molar-refractivity contribution in [2.45, 2.75) is 19.4 Å². The largest absolute Gasteiger partial charge is 0.480 e. The summed E-state index contributed by atoms with van der Waals surface area (Å²) in [6, 6.07) is 6.36. The molecule has 1 amide bonds. The van der Waals surface area contributed by atoms with E-state index in [9.17, 15) is 14.7 Å². The van der Waals surface area contributed by atoms with E-state index in [0.29, 0.717) is 32.8 Å². The van der Waals surface area contributed by atoms with Crippen LogP contribution in [-0.2, 0) is 4.79 Å². The normalized spacial score (nSPS) is 12.0. The number of nitrogens with one attached hydrogen (secondary N) is 1. The number of halogens is 1. The first kappa shape index (κ1) is 18.8. The average Bonchev–Trinajstić information content (AvgIpc) is 2.93. The molecule has 0 aliphatic carbocycles. The molecule has 0 radical (unpaired) electrons. The van der Waals surface area contributed by atoms with Gasteiger partial charge in [0.05, 0.1) is 10.7 Å². The van der Waals surface area contributed by atoms with E-state index in [1.54, 1.807) is 13.0 Å². The number of thiazole rings is 1. The lowest BCUT2D eigenvalue weighted by atomic mass is 10.2. The smallest absolute Gasteiger partial charge is 0.326 e. The van der Waals surface area contributed by atoms with Gasteiger partial charge in [-0.3, -0.25) is 4.79 Å². The highest BCUT2D eigenvalue weighted by molar-refractivity contribution is 7.98.